The van der Waals surface area contributed by atoms with Crippen molar-refractivity contribution in [3.05, 3.63) is 11.6 Å². The van der Waals surface area contributed by atoms with Crippen LogP contribution in [0.1, 0.15) is 64.7 Å². The molecule has 0 aliphatic heterocycles. The van der Waals surface area contributed by atoms with E-state index in [2.05, 4.69) is 6.92 Å². The van der Waals surface area contributed by atoms with Crippen LogP contribution in [0.3, 0.4) is 0 Å². The summed E-state index contributed by atoms with van der Waals surface area (Å²) in [6.45, 7) is 3.12. The number of allylic oxidation sites excluding steroid dienone is 2. The van der Waals surface area contributed by atoms with E-state index >= 15 is 0 Å². The first kappa shape index (κ1) is 13.8. The van der Waals surface area contributed by atoms with Crippen LogP contribution in [0.15, 0.2) is 11.6 Å². The molecule has 0 aromatic carbocycles. The Morgan fingerprint density at radius 3 is 2.67 bits per heavy atom. The Hall–Kier alpha value is -0.630. The lowest BCUT2D eigenvalue weighted by Gasteiger charge is -2.31. The average molecular weight is 250 g/mol. The summed E-state index contributed by atoms with van der Waals surface area (Å²) in [7, 11) is 0. The maximum Gasteiger partial charge on any atom is 0.155 e. The third kappa shape index (κ3) is 3.94. The van der Waals surface area contributed by atoms with E-state index in [0.717, 1.165) is 25.9 Å². The molecule has 0 unspecified atom stereocenters. The molecule has 0 N–H and O–H groups in total. The molecule has 0 amide bonds. The van der Waals surface area contributed by atoms with Gasteiger partial charge in [-0.2, -0.15) is 0 Å². The molecule has 0 heterocycles. The molecule has 1 fully saturated rings. The highest BCUT2D eigenvalue weighted by Crippen LogP contribution is 2.35. The van der Waals surface area contributed by atoms with Crippen LogP contribution in [0, 0.1) is 5.92 Å². The van der Waals surface area contributed by atoms with Gasteiger partial charge in [-0.3, -0.25) is 4.79 Å². The Balaban J connectivity index is 1.74. The molecule has 0 spiro atoms. The lowest BCUT2D eigenvalue weighted by Crippen LogP contribution is -2.24. The summed E-state index contributed by atoms with van der Waals surface area (Å²) in [6.07, 6.45) is 12.6. The lowest BCUT2D eigenvalue weighted by molar-refractivity contribution is -0.115. The van der Waals surface area contributed by atoms with Crippen LogP contribution in [0.2, 0.25) is 0 Å². The Kier molecular flexibility index (Phi) is 5.43. The Labute approximate surface area is 111 Å². The zero-order valence-corrected chi connectivity index (χ0v) is 11.6. The van der Waals surface area contributed by atoms with Gasteiger partial charge in [0.1, 0.15) is 0 Å². The van der Waals surface area contributed by atoms with E-state index in [1.807, 2.05) is 6.08 Å². The van der Waals surface area contributed by atoms with E-state index in [4.69, 9.17) is 4.74 Å². The minimum absolute atomic E-state index is 0.345. The van der Waals surface area contributed by atoms with Crippen molar-refractivity contribution in [2.24, 2.45) is 5.92 Å². The molecular weight excluding hydrogens is 224 g/mol. The number of carbonyl (C=O) groups is 1. The first-order valence-corrected chi connectivity index (χ1v) is 7.64. The molecule has 2 heteroatoms. The van der Waals surface area contributed by atoms with E-state index in [1.165, 1.54) is 44.1 Å². The minimum atomic E-state index is 0.345. The molecule has 0 bridgehead atoms. The first-order chi connectivity index (χ1) is 8.79. The molecule has 102 valence electrons. The van der Waals surface area contributed by atoms with Gasteiger partial charge in [-0.05, 0) is 56.9 Å². The van der Waals surface area contributed by atoms with E-state index in [0.29, 0.717) is 17.8 Å². The van der Waals surface area contributed by atoms with E-state index in [9.17, 15) is 4.79 Å². The SMILES string of the molecule is CCCCOC1CCC(C2=CC(=O)CCC2)CC1. The van der Waals surface area contributed by atoms with Gasteiger partial charge in [0, 0.05) is 13.0 Å². The number of ketones is 1. The third-order valence-electron chi connectivity index (χ3n) is 4.29. The van der Waals surface area contributed by atoms with Crippen LogP contribution in [0.25, 0.3) is 0 Å². The minimum Gasteiger partial charge on any atom is -0.378 e. The summed E-state index contributed by atoms with van der Waals surface area (Å²) in [4.78, 5) is 11.5. The van der Waals surface area contributed by atoms with Crippen molar-refractivity contribution in [2.75, 3.05) is 6.61 Å². The second-order valence-electron chi connectivity index (χ2n) is 5.74. The second-order valence-corrected chi connectivity index (χ2v) is 5.74. The quantitative estimate of drug-likeness (QED) is 0.688. The zero-order chi connectivity index (χ0) is 12.8. The van der Waals surface area contributed by atoms with Crippen LogP contribution in [0.5, 0.6) is 0 Å². The molecule has 2 aliphatic carbocycles. The Morgan fingerprint density at radius 1 is 1.22 bits per heavy atom. The maximum absolute atomic E-state index is 11.5. The van der Waals surface area contributed by atoms with Crippen molar-refractivity contribution < 1.29 is 9.53 Å². The molecule has 0 atom stereocenters. The fourth-order valence-electron chi connectivity index (χ4n) is 3.13. The van der Waals surface area contributed by atoms with Crippen LogP contribution in [0.4, 0.5) is 0 Å². The van der Waals surface area contributed by atoms with E-state index < -0.39 is 0 Å². The fourth-order valence-corrected chi connectivity index (χ4v) is 3.13. The van der Waals surface area contributed by atoms with Crippen LogP contribution in [-0.4, -0.2) is 18.5 Å². The molecule has 0 aromatic heterocycles. The van der Waals surface area contributed by atoms with Gasteiger partial charge in [-0.25, -0.2) is 0 Å². The number of carbonyl (C=O) groups excluding carboxylic acids is 1. The molecule has 0 radical (unpaired) electrons. The highest BCUT2D eigenvalue weighted by molar-refractivity contribution is 5.91. The van der Waals surface area contributed by atoms with Crippen molar-refractivity contribution in [1.29, 1.82) is 0 Å². The van der Waals surface area contributed by atoms with Crippen molar-refractivity contribution in [1.82, 2.24) is 0 Å². The Bertz CT molecular complexity index is 298. The van der Waals surface area contributed by atoms with Gasteiger partial charge in [-0.15, -0.1) is 0 Å². The first-order valence-electron chi connectivity index (χ1n) is 7.64. The number of unbranched alkanes of at least 4 members (excludes halogenated alkanes) is 1. The largest absolute Gasteiger partial charge is 0.378 e. The summed E-state index contributed by atoms with van der Waals surface area (Å²) in [6, 6.07) is 0. The van der Waals surface area contributed by atoms with Gasteiger partial charge >= 0.3 is 0 Å². The standard InChI is InChI=1S/C16H26O2/c1-2-3-11-18-16-9-7-13(8-10-16)14-5-4-6-15(17)12-14/h12-13,16H,2-11H2,1H3. The van der Waals surface area contributed by atoms with E-state index in [-0.39, 0.29) is 0 Å². The molecule has 18 heavy (non-hydrogen) atoms. The van der Waals surface area contributed by atoms with Crippen molar-refractivity contribution in [2.45, 2.75) is 70.8 Å². The molecular formula is C16H26O2. The molecule has 1 saturated carbocycles. The van der Waals surface area contributed by atoms with Crippen molar-refractivity contribution >= 4 is 5.78 Å². The fraction of sp³-hybridized carbons (Fsp3) is 0.812. The number of ether oxygens (including phenoxy) is 1. The summed E-state index contributed by atoms with van der Waals surface area (Å²) in [5.74, 6) is 1.01. The number of hydrogen-bond acceptors (Lipinski definition) is 2. The number of hydrogen-bond donors (Lipinski definition) is 0. The van der Waals surface area contributed by atoms with Gasteiger partial charge in [0.15, 0.2) is 5.78 Å². The van der Waals surface area contributed by atoms with Gasteiger partial charge in [0.05, 0.1) is 6.10 Å². The summed E-state index contributed by atoms with van der Waals surface area (Å²) in [5, 5.41) is 0. The van der Waals surface area contributed by atoms with Gasteiger partial charge in [0.2, 0.25) is 0 Å². The molecule has 2 nitrogen and oxygen atoms in total. The van der Waals surface area contributed by atoms with Crippen molar-refractivity contribution in [3.8, 4) is 0 Å². The van der Waals surface area contributed by atoms with Crippen LogP contribution in [-0.2, 0) is 9.53 Å². The molecule has 0 saturated heterocycles. The Morgan fingerprint density at radius 2 is 2.00 bits per heavy atom. The lowest BCUT2D eigenvalue weighted by atomic mass is 9.78. The molecule has 2 rings (SSSR count). The topological polar surface area (TPSA) is 26.3 Å². The average Bonchev–Trinajstić information content (AvgIpc) is 2.40. The monoisotopic (exact) mass is 250 g/mol. The van der Waals surface area contributed by atoms with Crippen molar-refractivity contribution in [3.63, 3.8) is 0 Å². The maximum atomic E-state index is 11.5. The predicted molar refractivity (Wildman–Crippen MR) is 73.5 cm³/mol. The predicted octanol–water partition coefficient (Wildman–Crippen LogP) is 4.04. The molecule has 2 aliphatic rings. The third-order valence-corrected chi connectivity index (χ3v) is 4.29. The normalized spacial score (nSPS) is 29.2. The van der Waals surface area contributed by atoms with Gasteiger partial charge in [0.25, 0.3) is 0 Å². The summed E-state index contributed by atoms with van der Waals surface area (Å²) < 4.78 is 5.89. The summed E-state index contributed by atoms with van der Waals surface area (Å²) in [5.41, 5.74) is 1.43. The van der Waals surface area contributed by atoms with E-state index in [1.54, 1.807) is 0 Å². The zero-order valence-electron chi connectivity index (χ0n) is 11.6. The van der Waals surface area contributed by atoms with Crippen LogP contribution >= 0.6 is 0 Å². The van der Waals surface area contributed by atoms with Gasteiger partial charge in [-0.1, -0.05) is 18.9 Å². The highest BCUT2D eigenvalue weighted by Gasteiger charge is 2.25. The van der Waals surface area contributed by atoms with Crippen LogP contribution < -0.4 is 0 Å². The van der Waals surface area contributed by atoms with Gasteiger partial charge < -0.3 is 4.74 Å². The summed E-state index contributed by atoms with van der Waals surface area (Å²) >= 11 is 0. The smallest absolute Gasteiger partial charge is 0.155 e. The second kappa shape index (κ2) is 7.08. The number of rotatable bonds is 5. The highest BCUT2D eigenvalue weighted by atomic mass is 16.5. The molecule has 0 aromatic rings.